The molecular weight excluding hydrogens is 476 g/mol. The van der Waals surface area contributed by atoms with Gasteiger partial charge in [0.25, 0.3) is 5.91 Å². The molecule has 2 N–H and O–H groups in total. The Morgan fingerprint density at radius 1 is 1.17 bits per heavy atom. The maximum atomic E-state index is 13.7. The summed E-state index contributed by atoms with van der Waals surface area (Å²) >= 11 is 0. The van der Waals surface area contributed by atoms with Crippen LogP contribution in [-0.2, 0) is 16.3 Å². The molecule has 0 bridgehead atoms. The number of hydrogen-bond donors (Lipinski definition) is 1. The Morgan fingerprint density at radius 2 is 1.89 bits per heavy atom. The standard InChI is InChI=1S/C27H32N4O4S/c1-18-16-27(3,4)31(17-18)26-24(25(28)32)21(13-14-29-26)36(33,34)23-12-8-11-22(30-23)35-19(2)15-20-9-6-5-7-10-20/h5-14,18-19H,15-17H2,1-4H3,(H2,28,32)/t18?,19-/m1/s1. The van der Waals surface area contributed by atoms with Crippen LogP contribution in [0.5, 0.6) is 5.88 Å². The van der Waals surface area contributed by atoms with Crippen LogP contribution < -0.4 is 15.4 Å². The quantitative estimate of drug-likeness (QED) is 0.488. The van der Waals surface area contributed by atoms with Crippen molar-refractivity contribution in [1.29, 1.82) is 0 Å². The molecule has 1 unspecified atom stereocenters. The van der Waals surface area contributed by atoms with E-state index in [1.165, 1.54) is 18.3 Å². The number of carbonyl (C=O) groups excluding carboxylic acids is 1. The van der Waals surface area contributed by atoms with Gasteiger partial charge in [-0.1, -0.05) is 43.3 Å². The largest absolute Gasteiger partial charge is 0.474 e. The zero-order valence-corrected chi connectivity index (χ0v) is 21.8. The normalized spacial score (nSPS) is 18.1. The molecule has 9 heteroatoms. The lowest BCUT2D eigenvalue weighted by Gasteiger charge is -2.33. The summed E-state index contributed by atoms with van der Waals surface area (Å²) in [7, 11) is -4.19. The number of sulfone groups is 1. The van der Waals surface area contributed by atoms with Gasteiger partial charge < -0.3 is 15.4 Å². The van der Waals surface area contributed by atoms with Crippen LogP contribution in [0.15, 0.2) is 70.7 Å². The summed E-state index contributed by atoms with van der Waals surface area (Å²) in [4.78, 5) is 23.0. The Balaban J connectivity index is 1.68. The van der Waals surface area contributed by atoms with Gasteiger partial charge in [0.05, 0.1) is 4.90 Å². The van der Waals surface area contributed by atoms with Crippen molar-refractivity contribution in [1.82, 2.24) is 9.97 Å². The molecule has 1 aromatic carbocycles. The molecule has 3 heterocycles. The maximum absolute atomic E-state index is 13.7. The van der Waals surface area contributed by atoms with E-state index in [2.05, 4.69) is 16.9 Å². The average Bonchev–Trinajstić information content (AvgIpc) is 3.10. The smallest absolute Gasteiger partial charge is 0.253 e. The molecular formula is C27H32N4O4S. The summed E-state index contributed by atoms with van der Waals surface area (Å²) < 4.78 is 33.3. The van der Waals surface area contributed by atoms with Gasteiger partial charge in [-0.3, -0.25) is 4.79 Å². The van der Waals surface area contributed by atoms with Crippen LogP contribution >= 0.6 is 0 Å². The molecule has 8 nitrogen and oxygen atoms in total. The molecule has 1 amide bonds. The number of amides is 1. The Morgan fingerprint density at radius 3 is 2.53 bits per heavy atom. The fraction of sp³-hybridized carbons (Fsp3) is 0.370. The number of nitrogens with two attached hydrogens (primary N) is 1. The number of nitrogens with zero attached hydrogens (tertiary/aromatic N) is 3. The highest BCUT2D eigenvalue weighted by atomic mass is 32.2. The van der Waals surface area contributed by atoms with Gasteiger partial charge in [0.2, 0.25) is 15.7 Å². The first kappa shape index (κ1) is 25.6. The number of benzene rings is 1. The topological polar surface area (TPSA) is 115 Å². The molecule has 1 fully saturated rings. The zero-order chi connectivity index (χ0) is 26.1. The second-order valence-corrected chi connectivity index (χ2v) is 11.9. The van der Waals surface area contributed by atoms with Crippen molar-refractivity contribution in [2.24, 2.45) is 11.7 Å². The minimum Gasteiger partial charge on any atom is -0.474 e. The lowest BCUT2D eigenvalue weighted by atomic mass is 9.97. The molecule has 0 saturated carbocycles. The van der Waals surface area contributed by atoms with Crippen molar-refractivity contribution < 1.29 is 17.9 Å². The van der Waals surface area contributed by atoms with Crippen molar-refractivity contribution in [3.8, 4) is 5.88 Å². The van der Waals surface area contributed by atoms with Crippen molar-refractivity contribution in [3.63, 3.8) is 0 Å². The third-order valence-electron chi connectivity index (χ3n) is 6.42. The predicted octanol–water partition coefficient (Wildman–Crippen LogP) is 4.04. The third kappa shape index (κ3) is 5.21. The van der Waals surface area contributed by atoms with Crippen molar-refractivity contribution in [3.05, 3.63) is 71.9 Å². The fourth-order valence-electron chi connectivity index (χ4n) is 4.97. The van der Waals surface area contributed by atoms with Crippen LogP contribution in [0.3, 0.4) is 0 Å². The zero-order valence-electron chi connectivity index (χ0n) is 21.0. The Hall–Kier alpha value is -3.46. The molecule has 1 saturated heterocycles. The minimum absolute atomic E-state index is 0.120. The van der Waals surface area contributed by atoms with E-state index in [1.54, 1.807) is 12.1 Å². The first-order valence-corrected chi connectivity index (χ1v) is 13.5. The summed E-state index contributed by atoms with van der Waals surface area (Å²) in [6.07, 6.45) is 2.69. The molecule has 3 aromatic rings. The highest BCUT2D eigenvalue weighted by molar-refractivity contribution is 7.91. The average molecular weight is 509 g/mol. The number of ether oxygens (including phenoxy) is 1. The van der Waals surface area contributed by atoms with E-state index in [0.717, 1.165) is 12.0 Å². The summed E-state index contributed by atoms with van der Waals surface area (Å²) in [5, 5.41) is -0.222. The number of hydrogen-bond acceptors (Lipinski definition) is 7. The molecule has 190 valence electrons. The molecule has 1 aliphatic rings. The molecule has 36 heavy (non-hydrogen) atoms. The molecule has 2 atom stereocenters. The number of primary amides is 1. The highest BCUT2D eigenvalue weighted by Gasteiger charge is 2.40. The molecule has 1 aliphatic heterocycles. The number of rotatable bonds is 8. The number of anilines is 1. The lowest BCUT2D eigenvalue weighted by molar-refractivity contribution is 0.0997. The van der Waals surface area contributed by atoms with E-state index < -0.39 is 15.7 Å². The van der Waals surface area contributed by atoms with Gasteiger partial charge >= 0.3 is 0 Å². The highest BCUT2D eigenvalue weighted by Crippen LogP contribution is 2.39. The monoisotopic (exact) mass is 508 g/mol. The van der Waals surface area contributed by atoms with E-state index in [9.17, 15) is 13.2 Å². The maximum Gasteiger partial charge on any atom is 0.253 e. The van der Waals surface area contributed by atoms with Crippen LogP contribution in [-0.4, -0.2) is 42.5 Å². The third-order valence-corrected chi connectivity index (χ3v) is 8.12. The first-order valence-electron chi connectivity index (χ1n) is 12.0. The Bertz CT molecular complexity index is 1360. The second kappa shape index (κ2) is 9.89. The first-order chi connectivity index (χ1) is 17.0. The molecule has 0 radical (unpaired) electrons. The van der Waals surface area contributed by atoms with E-state index in [-0.39, 0.29) is 38.8 Å². The van der Waals surface area contributed by atoms with Gasteiger partial charge in [0.15, 0.2) is 5.03 Å². The van der Waals surface area contributed by atoms with E-state index >= 15 is 0 Å². The van der Waals surface area contributed by atoms with Crippen molar-refractivity contribution in [2.45, 2.75) is 62.1 Å². The van der Waals surface area contributed by atoms with Gasteiger partial charge in [-0.15, -0.1) is 0 Å². The molecule has 4 rings (SSSR count). The summed E-state index contributed by atoms with van der Waals surface area (Å²) in [6, 6.07) is 15.7. The van der Waals surface area contributed by atoms with Crippen LogP contribution in [0.2, 0.25) is 0 Å². The van der Waals surface area contributed by atoms with Gasteiger partial charge in [-0.25, -0.2) is 18.4 Å². The molecule has 0 aliphatic carbocycles. The minimum atomic E-state index is -4.19. The van der Waals surface area contributed by atoms with Crippen LogP contribution in [0.4, 0.5) is 5.82 Å². The van der Waals surface area contributed by atoms with E-state index in [0.29, 0.717) is 18.9 Å². The van der Waals surface area contributed by atoms with Gasteiger partial charge in [0.1, 0.15) is 17.5 Å². The summed E-state index contributed by atoms with van der Waals surface area (Å²) in [6.45, 7) is 8.74. The fourth-order valence-corrected chi connectivity index (χ4v) is 6.36. The predicted molar refractivity (Wildman–Crippen MR) is 138 cm³/mol. The van der Waals surface area contributed by atoms with Crippen molar-refractivity contribution >= 4 is 21.6 Å². The van der Waals surface area contributed by atoms with E-state index in [1.807, 2.05) is 56.0 Å². The van der Waals surface area contributed by atoms with Gasteiger partial charge in [-0.2, -0.15) is 0 Å². The lowest BCUT2D eigenvalue weighted by Crippen LogP contribution is -2.40. The van der Waals surface area contributed by atoms with E-state index in [4.69, 9.17) is 10.5 Å². The number of aromatic nitrogens is 2. The second-order valence-electron chi connectivity index (χ2n) is 10.0. The molecule has 2 aromatic heterocycles. The number of pyridine rings is 2. The van der Waals surface area contributed by atoms with Crippen LogP contribution in [0.1, 0.15) is 50.0 Å². The number of carbonyl (C=O) groups is 1. The van der Waals surface area contributed by atoms with Gasteiger partial charge in [0, 0.05) is 30.8 Å². The summed E-state index contributed by atoms with van der Waals surface area (Å²) in [5.74, 6) is -0.0298. The van der Waals surface area contributed by atoms with Crippen LogP contribution in [0.25, 0.3) is 0 Å². The summed E-state index contributed by atoms with van der Waals surface area (Å²) in [5.41, 5.74) is 6.41. The SMILES string of the molecule is CC1CN(c2nccc(S(=O)(=O)c3cccc(O[C@H](C)Cc4ccccc4)n3)c2C(N)=O)C(C)(C)C1. The van der Waals surface area contributed by atoms with Gasteiger partial charge in [-0.05, 0) is 50.8 Å². The van der Waals surface area contributed by atoms with Crippen molar-refractivity contribution in [2.75, 3.05) is 11.4 Å². The van der Waals surface area contributed by atoms with Crippen LogP contribution in [0, 0.1) is 5.92 Å². The Labute approximate surface area is 212 Å². The Kier molecular flexibility index (Phi) is 7.04. The molecule has 0 spiro atoms.